The molecule has 0 aliphatic carbocycles. The van der Waals surface area contributed by atoms with E-state index in [0.717, 1.165) is 5.56 Å². The lowest BCUT2D eigenvalue weighted by Crippen LogP contribution is -2.43. The highest BCUT2D eigenvalue weighted by atomic mass is 16.4. The molecular formula is C17H20N2O4. The smallest absolute Gasteiger partial charge is 0.251 e. The molecule has 0 spiro atoms. The Bertz CT molecular complexity index is 678. The largest absolute Gasteiger partial charge is 0.466 e. The van der Waals surface area contributed by atoms with Gasteiger partial charge in [0, 0.05) is 5.56 Å². The van der Waals surface area contributed by atoms with E-state index in [0.29, 0.717) is 11.3 Å². The summed E-state index contributed by atoms with van der Waals surface area (Å²) >= 11 is 0. The fourth-order valence-electron chi connectivity index (χ4n) is 2.09. The van der Waals surface area contributed by atoms with E-state index < -0.39 is 11.5 Å². The van der Waals surface area contributed by atoms with E-state index in [9.17, 15) is 14.7 Å². The van der Waals surface area contributed by atoms with Gasteiger partial charge < -0.3 is 20.2 Å². The van der Waals surface area contributed by atoms with Gasteiger partial charge in [0.2, 0.25) is 5.91 Å². The van der Waals surface area contributed by atoms with Crippen molar-refractivity contribution in [2.75, 3.05) is 13.1 Å². The molecule has 1 atom stereocenters. The van der Waals surface area contributed by atoms with E-state index >= 15 is 0 Å². The van der Waals surface area contributed by atoms with Crippen LogP contribution in [0.1, 0.15) is 28.6 Å². The number of rotatable bonds is 6. The van der Waals surface area contributed by atoms with E-state index in [1.54, 1.807) is 24.3 Å². The highest BCUT2D eigenvalue weighted by Crippen LogP contribution is 2.19. The SMILES string of the molecule is Cc1ccccc1C(=O)NCC(=O)NCC(C)(O)c1ccco1. The maximum absolute atomic E-state index is 12.0. The second-order valence-electron chi connectivity index (χ2n) is 5.53. The van der Waals surface area contributed by atoms with Gasteiger partial charge in [0.25, 0.3) is 5.91 Å². The second kappa shape index (κ2) is 7.11. The fourth-order valence-corrected chi connectivity index (χ4v) is 2.09. The predicted octanol–water partition coefficient (Wildman–Crippen LogP) is 1.34. The Morgan fingerprint density at radius 3 is 2.57 bits per heavy atom. The van der Waals surface area contributed by atoms with Gasteiger partial charge in [-0.2, -0.15) is 0 Å². The summed E-state index contributed by atoms with van der Waals surface area (Å²) in [6.45, 7) is 3.19. The number of carbonyl (C=O) groups excluding carboxylic acids is 2. The van der Waals surface area contributed by atoms with Crippen molar-refractivity contribution in [3.05, 3.63) is 59.5 Å². The van der Waals surface area contributed by atoms with Crippen LogP contribution in [-0.4, -0.2) is 30.0 Å². The minimum atomic E-state index is -1.31. The van der Waals surface area contributed by atoms with Crippen molar-refractivity contribution in [2.24, 2.45) is 0 Å². The molecule has 0 radical (unpaired) electrons. The molecule has 0 aliphatic rings. The molecule has 0 saturated carbocycles. The number of amides is 2. The van der Waals surface area contributed by atoms with Gasteiger partial charge in [-0.15, -0.1) is 0 Å². The summed E-state index contributed by atoms with van der Waals surface area (Å²) in [6, 6.07) is 10.4. The monoisotopic (exact) mass is 316 g/mol. The number of aryl methyl sites for hydroxylation is 1. The van der Waals surface area contributed by atoms with Crippen molar-refractivity contribution in [3.8, 4) is 0 Å². The summed E-state index contributed by atoms with van der Waals surface area (Å²) in [7, 11) is 0. The summed E-state index contributed by atoms with van der Waals surface area (Å²) < 4.78 is 5.13. The van der Waals surface area contributed by atoms with Crippen LogP contribution in [0.25, 0.3) is 0 Å². The van der Waals surface area contributed by atoms with Crippen molar-refractivity contribution in [1.82, 2.24) is 10.6 Å². The summed E-state index contributed by atoms with van der Waals surface area (Å²) in [5.74, 6) is -0.337. The van der Waals surface area contributed by atoms with Crippen LogP contribution in [0.5, 0.6) is 0 Å². The van der Waals surface area contributed by atoms with Crippen LogP contribution in [0.15, 0.2) is 47.1 Å². The molecule has 1 heterocycles. The average Bonchev–Trinajstić information content (AvgIpc) is 3.06. The summed E-state index contributed by atoms with van der Waals surface area (Å²) in [4.78, 5) is 23.8. The molecule has 2 aromatic rings. The standard InChI is InChI=1S/C17H20N2O4/c1-12-6-3-4-7-13(12)16(21)18-10-15(20)19-11-17(2,22)14-8-5-9-23-14/h3-9,22H,10-11H2,1-2H3,(H,18,21)(H,19,20). The van der Waals surface area contributed by atoms with Crippen molar-refractivity contribution >= 4 is 11.8 Å². The van der Waals surface area contributed by atoms with Crippen LogP contribution in [0.2, 0.25) is 0 Å². The number of furan rings is 1. The third-order valence-electron chi connectivity index (χ3n) is 3.48. The lowest BCUT2D eigenvalue weighted by atomic mass is 10.0. The number of nitrogens with one attached hydrogen (secondary N) is 2. The number of hydrogen-bond acceptors (Lipinski definition) is 4. The van der Waals surface area contributed by atoms with Gasteiger partial charge in [0.1, 0.15) is 11.4 Å². The number of benzene rings is 1. The number of hydrogen-bond donors (Lipinski definition) is 3. The molecule has 1 unspecified atom stereocenters. The first-order valence-corrected chi connectivity index (χ1v) is 7.27. The quantitative estimate of drug-likeness (QED) is 0.750. The Morgan fingerprint density at radius 2 is 1.91 bits per heavy atom. The normalized spacial score (nSPS) is 13.2. The molecule has 0 saturated heterocycles. The number of carbonyl (C=O) groups is 2. The second-order valence-corrected chi connectivity index (χ2v) is 5.53. The zero-order valence-corrected chi connectivity index (χ0v) is 13.1. The molecule has 1 aromatic carbocycles. The van der Waals surface area contributed by atoms with E-state index in [2.05, 4.69) is 10.6 Å². The molecule has 2 amide bonds. The zero-order chi connectivity index (χ0) is 16.9. The molecule has 3 N–H and O–H groups in total. The molecule has 0 fully saturated rings. The minimum absolute atomic E-state index is 0.0143. The maximum atomic E-state index is 12.0. The van der Waals surface area contributed by atoms with E-state index in [1.165, 1.54) is 13.2 Å². The van der Waals surface area contributed by atoms with E-state index in [4.69, 9.17) is 4.42 Å². The Kier molecular flexibility index (Phi) is 5.18. The van der Waals surface area contributed by atoms with Crippen LogP contribution >= 0.6 is 0 Å². The van der Waals surface area contributed by atoms with E-state index in [-0.39, 0.29) is 19.0 Å². The Labute approximate surface area is 134 Å². The van der Waals surface area contributed by atoms with Crippen molar-refractivity contribution in [1.29, 1.82) is 0 Å². The minimum Gasteiger partial charge on any atom is -0.466 e. The van der Waals surface area contributed by atoms with Crippen LogP contribution in [0, 0.1) is 6.92 Å². The summed E-state index contributed by atoms with van der Waals surface area (Å²) in [5.41, 5.74) is 0.0631. The molecule has 6 heteroatoms. The lowest BCUT2D eigenvalue weighted by Gasteiger charge is -2.21. The third kappa shape index (κ3) is 4.43. The molecule has 0 bridgehead atoms. The maximum Gasteiger partial charge on any atom is 0.251 e. The predicted molar refractivity (Wildman–Crippen MR) is 84.8 cm³/mol. The summed E-state index contributed by atoms with van der Waals surface area (Å²) in [5, 5.41) is 15.3. The molecular weight excluding hydrogens is 296 g/mol. The lowest BCUT2D eigenvalue weighted by molar-refractivity contribution is -0.121. The highest BCUT2D eigenvalue weighted by molar-refractivity contribution is 5.97. The van der Waals surface area contributed by atoms with Crippen molar-refractivity contribution in [2.45, 2.75) is 19.4 Å². The first-order chi connectivity index (χ1) is 10.9. The molecule has 6 nitrogen and oxygen atoms in total. The van der Waals surface area contributed by atoms with Gasteiger partial charge >= 0.3 is 0 Å². The van der Waals surface area contributed by atoms with Crippen LogP contribution < -0.4 is 10.6 Å². The summed E-state index contributed by atoms with van der Waals surface area (Å²) in [6.07, 6.45) is 1.45. The fraction of sp³-hybridized carbons (Fsp3) is 0.294. The van der Waals surface area contributed by atoms with Gasteiger partial charge in [0.05, 0.1) is 19.4 Å². The highest BCUT2D eigenvalue weighted by Gasteiger charge is 2.26. The molecule has 1 aromatic heterocycles. The molecule has 23 heavy (non-hydrogen) atoms. The first kappa shape index (κ1) is 16.8. The first-order valence-electron chi connectivity index (χ1n) is 7.27. The Hall–Kier alpha value is -2.60. The van der Waals surface area contributed by atoms with Gasteiger partial charge in [-0.3, -0.25) is 9.59 Å². The van der Waals surface area contributed by atoms with Gasteiger partial charge in [-0.25, -0.2) is 0 Å². The number of aliphatic hydroxyl groups is 1. The zero-order valence-electron chi connectivity index (χ0n) is 13.1. The van der Waals surface area contributed by atoms with Crippen LogP contribution in [-0.2, 0) is 10.4 Å². The Balaban J connectivity index is 1.82. The van der Waals surface area contributed by atoms with Gasteiger partial charge in [-0.05, 0) is 37.6 Å². The molecule has 0 aliphatic heterocycles. The van der Waals surface area contributed by atoms with Crippen LogP contribution in [0.3, 0.4) is 0 Å². The topological polar surface area (TPSA) is 91.6 Å². The third-order valence-corrected chi connectivity index (χ3v) is 3.48. The van der Waals surface area contributed by atoms with E-state index in [1.807, 2.05) is 19.1 Å². The van der Waals surface area contributed by atoms with Gasteiger partial charge in [-0.1, -0.05) is 18.2 Å². The van der Waals surface area contributed by atoms with Crippen molar-refractivity contribution in [3.63, 3.8) is 0 Å². The average molecular weight is 316 g/mol. The van der Waals surface area contributed by atoms with Gasteiger partial charge in [0.15, 0.2) is 0 Å². The van der Waals surface area contributed by atoms with Crippen LogP contribution in [0.4, 0.5) is 0 Å². The van der Waals surface area contributed by atoms with Crippen molar-refractivity contribution < 1.29 is 19.1 Å². The Morgan fingerprint density at radius 1 is 1.17 bits per heavy atom. The molecule has 2 rings (SSSR count). The molecule has 122 valence electrons.